The van der Waals surface area contributed by atoms with E-state index in [1.54, 1.807) is 24.4 Å². The van der Waals surface area contributed by atoms with Gasteiger partial charge in [-0.2, -0.15) is 0 Å². The summed E-state index contributed by atoms with van der Waals surface area (Å²) in [6.45, 7) is 1.05. The molecule has 4 N–H and O–H groups in total. The van der Waals surface area contributed by atoms with Gasteiger partial charge >= 0.3 is 0 Å². The van der Waals surface area contributed by atoms with Gasteiger partial charge in [0.15, 0.2) is 10.8 Å². The molecular weight excluding hydrogens is 294 g/mol. The van der Waals surface area contributed by atoms with Gasteiger partial charge in [0.25, 0.3) is 10.0 Å². The first-order valence-corrected chi connectivity index (χ1v) is 8.14. The Balaban J connectivity index is 2.01. The second kappa shape index (κ2) is 5.60. The number of anilines is 1. The second-order valence-electron chi connectivity index (χ2n) is 4.87. The van der Waals surface area contributed by atoms with E-state index in [-0.39, 0.29) is 16.9 Å². The fraction of sp³-hybridized carbons (Fsp3) is 0.417. The van der Waals surface area contributed by atoms with Crippen LogP contribution in [0.2, 0.25) is 0 Å². The molecule has 1 atom stereocenters. The summed E-state index contributed by atoms with van der Waals surface area (Å²) in [5.41, 5.74) is 2.85. The van der Waals surface area contributed by atoms with Crippen molar-refractivity contribution in [2.24, 2.45) is 5.84 Å². The first-order chi connectivity index (χ1) is 10.1. The summed E-state index contributed by atoms with van der Waals surface area (Å²) in [5.74, 6) is 5.52. The molecule has 0 radical (unpaired) electrons. The van der Waals surface area contributed by atoms with E-state index in [0.29, 0.717) is 18.9 Å². The van der Waals surface area contributed by atoms with Gasteiger partial charge in [-0.25, -0.2) is 24.0 Å². The topological polar surface area (TPSA) is 111 Å². The second-order valence-corrected chi connectivity index (χ2v) is 6.50. The van der Waals surface area contributed by atoms with Crippen molar-refractivity contribution in [3.63, 3.8) is 0 Å². The van der Waals surface area contributed by atoms with E-state index in [9.17, 15) is 8.42 Å². The zero-order chi connectivity index (χ0) is 14.9. The minimum Gasteiger partial charge on any atom is -0.380 e. The molecule has 3 rings (SSSR count). The summed E-state index contributed by atoms with van der Waals surface area (Å²) >= 11 is 0. The molecule has 1 unspecified atom stereocenters. The fourth-order valence-corrected chi connectivity index (χ4v) is 3.94. The summed E-state index contributed by atoms with van der Waals surface area (Å²) in [7, 11) is -3.76. The van der Waals surface area contributed by atoms with Crippen LogP contribution in [0.4, 0.5) is 5.82 Å². The maximum Gasteiger partial charge on any atom is 0.260 e. The summed E-state index contributed by atoms with van der Waals surface area (Å²) < 4.78 is 34.7. The number of nitrogens with one attached hydrogen (secondary N) is 2. The summed E-state index contributed by atoms with van der Waals surface area (Å²) in [4.78, 5) is 4.17. The number of imidazole rings is 1. The van der Waals surface area contributed by atoms with E-state index in [1.807, 2.05) is 0 Å². The highest BCUT2D eigenvalue weighted by molar-refractivity contribution is 7.89. The normalized spacial score (nSPS) is 19.8. The van der Waals surface area contributed by atoms with Crippen molar-refractivity contribution in [1.29, 1.82) is 0 Å². The van der Waals surface area contributed by atoms with Gasteiger partial charge in [0.1, 0.15) is 5.65 Å². The van der Waals surface area contributed by atoms with Crippen LogP contribution >= 0.6 is 0 Å². The Kier molecular flexibility index (Phi) is 3.81. The SMILES string of the molecule is NNc1nc2ccccn2c1S(=O)(=O)NC1CCCOC1. The first-order valence-electron chi connectivity index (χ1n) is 6.65. The minimum atomic E-state index is -3.76. The third-order valence-electron chi connectivity index (χ3n) is 3.36. The molecule has 0 aliphatic carbocycles. The van der Waals surface area contributed by atoms with Crippen LogP contribution in [0.5, 0.6) is 0 Å². The molecule has 0 spiro atoms. The lowest BCUT2D eigenvalue weighted by atomic mass is 10.1. The lowest BCUT2D eigenvalue weighted by Crippen LogP contribution is -2.41. The van der Waals surface area contributed by atoms with Crippen molar-refractivity contribution in [3.8, 4) is 0 Å². The van der Waals surface area contributed by atoms with Crippen LogP contribution in [-0.4, -0.2) is 37.1 Å². The van der Waals surface area contributed by atoms with Gasteiger partial charge in [-0.15, -0.1) is 0 Å². The van der Waals surface area contributed by atoms with Crippen molar-refractivity contribution >= 4 is 21.5 Å². The van der Waals surface area contributed by atoms with Crippen molar-refractivity contribution in [2.75, 3.05) is 18.6 Å². The number of nitrogen functional groups attached to an aromatic ring is 1. The third-order valence-corrected chi connectivity index (χ3v) is 4.90. The molecular formula is C12H17N5O3S. The van der Waals surface area contributed by atoms with E-state index < -0.39 is 10.0 Å². The van der Waals surface area contributed by atoms with Crippen molar-refractivity contribution in [1.82, 2.24) is 14.1 Å². The molecule has 8 nitrogen and oxygen atoms in total. The Morgan fingerprint density at radius 2 is 2.29 bits per heavy atom. The molecule has 2 aromatic heterocycles. The van der Waals surface area contributed by atoms with E-state index in [4.69, 9.17) is 10.6 Å². The van der Waals surface area contributed by atoms with Crippen molar-refractivity contribution in [3.05, 3.63) is 24.4 Å². The predicted octanol–water partition coefficient (Wildman–Crippen LogP) is 0.0772. The largest absolute Gasteiger partial charge is 0.380 e. The van der Waals surface area contributed by atoms with Crippen LogP contribution in [0, 0.1) is 0 Å². The van der Waals surface area contributed by atoms with Gasteiger partial charge in [0.05, 0.1) is 6.61 Å². The summed E-state index contributed by atoms with van der Waals surface area (Å²) in [5, 5.41) is 0.00572. The lowest BCUT2D eigenvalue weighted by Gasteiger charge is -2.22. The Morgan fingerprint density at radius 1 is 1.43 bits per heavy atom. The predicted molar refractivity (Wildman–Crippen MR) is 77.2 cm³/mol. The van der Waals surface area contributed by atoms with E-state index in [2.05, 4.69) is 15.1 Å². The van der Waals surface area contributed by atoms with E-state index in [0.717, 1.165) is 12.8 Å². The van der Waals surface area contributed by atoms with E-state index in [1.165, 1.54) is 4.40 Å². The van der Waals surface area contributed by atoms with Gasteiger partial charge in [-0.3, -0.25) is 4.40 Å². The number of hydrazine groups is 1. The number of hydrogen-bond donors (Lipinski definition) is 3. The molecule has 0 saturated carbocycles. The Labute approximate surface area is 122 Å². The maximum atomic E-state index is 12.6. The van der Waals surface area contributed by atoms with Crippen LogP contribution in [0.25, 0.3) is 5.65 Å². The van der Waals surface area contributed by atoms with Gasteiger partial charge in [0.2, 0.25) is 0 Å². The number of nitrogens with two attached hydrogens (primary N) is 1. The number of sulfonamides is 1. The van der Waals surface area contributed by atoms with Gasteiger partial charge in [0, 0.05) is 18.8 Å². The Hall–Kier alpha value is -1.68. The molecule has 9 heteroatoms. The van der Waals surface area contributed by atoms with Gasteiger partial charge in [-0.05, 0) is 25.0 Å². The minimum absolute atomic E-state index is 0.00572. The number of fused-ring (bicyclic) bond motifs is 1. The summed E-state index contributed by atoms with van der Waals surface area (Å²) in [6.07, 6.45) is 3.22. The number of nitrogens with zero attached hydrogens (tertiary/aromatic N) is 2. The molecule has 0 amide bonds. The van der Waals surface area contributed by atoms with Crippen molar-refractivity contribution < 1.29 is 13.2 Å². The fourth-order valence-electron chi connectivity index (χ4n) is 2.43. The highest BCUT2D eigenvalue weighted by Crippen LogP contribution is 2.22. The molecule has 1 aliphatic rings. The molecule has 1 saturated heterocycles. The van der Waals surface area contributed by atoms with Crippen LogP contribution in [-0.2, 0) is 14.8 Å². The molecule has 21 heavy (non-hydrogen) atoms. The first kappa shape index (κ1) is 14.3. The Bertz CT molecular complexity index is 736. The van der Waals surface area contributed by atoms with Crippen LogP contribution in [0.3, 0.4) is 0 Å². The molecule has 114 valence electrons. The van der Waals surface area contributed by atoms with Crippen molar-refractivity contribution in [2.45, 2.75) is 23.9 Å². The number of pyridine rings is 1. The van der Waals surface area contributed by atoms with Gasteiger partial charge < -0.3 is 10.2 Å². The molecule has 0 aromatic carbocycles. The Morgan fingerprint density at radius 3 is 3.00 bits per heavy atom. The monoisotopic (exact) mass is 311 g/mol. The van der Waals surface area contributed by atoms with Crippen LogP contribution in [0.1, 0.15) is 12.8 Å². The number of ether oxygens (including phenoxy) is 1. The van der Waals surface area contributed by atoms with Gasteiger partial charge in [-0.1, -0.05) is 6.07 Å². The smallest absolute Gasteiger partial charge is 0.260 e. The third kappa shape index (κ3) is 2.72. The highest BCUT2D eigenvalue weighted by Gasteiger charge is 2.28. The zero-order valence-electron chi connectivity index (χ0n) is 11.3. The number of aromatic nitrogens is 2. The van der Waals surface area contributed by atoms with Crippen LogP contribution in [0.15, 0.2) is 29.4 Å². The highest BCUT2D eigenvalue weighted by atomic mass is 32.2. The average Bonchev–Trinajstić information content (AvgIpc) is 2.87. The molecule has 3 heterocycles. The average molecular weight is 311 g/mol. The molecule has 1 fully saturated rings. The van der Waals surface area contributed by atoms with Crippen LogP contribution < -0.4 is 16.0 Å². The maximum absolute atomic E-state index is 12.6. The lowest BCUT2D eigenvalue weighted by molar-refractivity contribution is 0.0774. The standard InChI is InChI=1S/C12H17N5O3S/c13-15-11-12(17-6-2-1-5-10(17)14-11)21(18,19)16-9-4-3-7-20-8-9/h1-2,5-6,9,15-16H,3-4,7-8,13H2. The molecule has 1 aliphatic heterocycles. The number of rotatable bonds is 4. The molecule has 0 bridgehead atoms. The quantitative estimate of drug-likeness (QED) is 0.544. The molecule has 2 aromatic rings. The zero-order valence-corrected chi connectivity index (χ0v) is 12.1. The number of hydrogen-bond acceptors (Lipinski definition) is 6. The summed E-state index contributed by atoms with van der Waals surface area (Å²) in [6, 6.07) is 4.99. The van der Waals surface area contributed by atoms with E-state index >= 15 is 0 Å².